The van der Waals surface area contributed by atoms with Gasteiger partial charge in [-0.15, -0.1) is 0 Å². The van der Waals surface area contributed by atoms with Crippen LogP contribution < -0.4 is 10.2 Å². The van der Waals surface area contributed by atoms with Crippen LogP contribution in [0, 0.1) is 6.92 Å². The number of aromatic nitrogens is 1. The van der Waals surface area contributed by atoms with Crippen molar-refractivity contribution in [1.29, 1.82) is 0 Å². The van der Waals surface area contributed by atoms with Gasteiger partial charge in [0, 0.05) is 24.0 Å². The topological polar surface area (TPSA) is 28.2 Å². The van der Waals surface area contributed by atoms with Crippen molar-refractivity contribution in [3.63, 3.8) is 0 Å². The Kier molecular flexibility index (Phi) is 3.93. The average molecular weight is 281 g/mol. The first kappa shape index (κ1) is 14.1. The number of pyridine rings is 1. The van der Waals surface area contributed by atoms with Crippen molar-refractivity contribution in [3.05, 3.63) is 53.2 Å². The van der Waals surface area contributed by atoms with Crippen LogP contribution in [0.1, 0.15) is 30.7 Å². The van der Waals surface area contributed by atoms with Crippen molar-refractivity contribution in [2.45, 2.75) is 39.8 Å². The summed E-state index contributed by atoms with van der Waals surface area (Å²) in [6.45, 7) is 8.36. The van der Waals surface area contributed by atoms with Crippen molar-refractivity contribution in [3.8, 4) is 0 Å². The second-order valence-corrected chi connectivity index (χ2v) is 5.81. The van der Waals surface area contributed by atoms with Crippen molar-refractivity contribution in [1.82, 2.24) is 10.3 Å². The summed E-state index contributed by atoms with van der Waals surface area (Å²) < 4.78 is 0. The summed E-state index contributed by atoms with van der Waals surface area (Å²) in [5.74, 6) is 1.07. The fourth-order valence-corrected chi connectivity index (χ4v) is 3.13. The third-order valence-corrected chi connectivity index (χ3v) is 4.03. The zero-order valence-corrected chi connectivity index (χ0v) is 13.1. The SMILES string of the molecule is CCNCc1cc(C)nc(N2c3ccccc3CC2C)c1. The van der Waals surface area contributed by atoms with Gasteiger partial charge in [0.2, 0.25) is 0 Å². The van der Waals surface area contributed by atoms with Crippen molar-refractivity contribution in [2.75, 3.05) is 11.4 Å². The van der Waals surface area contributed by atoms with Gasteiger partial charge in [-0.25, -0.2) is 4.98 Å². The predicted octanol–water partition coefficient (Wildman–Crippen LogP) is 3.58. The van der Waals surface area contributed by atoms with E-state index in [4.69, 9.17) is 4.98 Å². The van der Waals surface area contributed by atoms with Crippen LogP contribution in [-0.4, -0.2) is 17.6 Å². The van der Waals surface area contributed by atoms with Gasteiger partial charge >= 0.3 is 0 Å². The maximum atomic E-state index is 4.77. The normalized spacial score (nSPS) is 17.1. The third-order valence-electron chi connectivity index (χ3n) is 4.03. The van der Waals surface area contributed by atoms with Gasteiger partial charge in [0.05, 0.1) is 0 Å². The molecule has 2 heterocycles. The Balaban J connectivity index is 1.98. The molecule has 0 amide bonds. The van der Waals surface area contributed by atoms with Crippen LogP contribution in [0.25, 0.3) is 0 Å². The molecule has 0 bridgehead atoms. The summed E-state index contributed by atoms with van der Waals surface area (Å²) in [6.07, 6.45) is 1.09. The minimum absolute atomic E-state index is 0.462. The Bertz CT molecular complexity index is 636. The lowest BCUT2D eigenvalue weighted by atomic mass is 10.1. The summed E-state index contributed by atoms with van der Waals surface area (Å²) in [5, 5.41) is 3.39. The molecule has 110 valence electrons. The number of nitrogens with zero attached hydrogens (tertiary/aromatic N) is 2. The summed E-state index contributed by atoms with van der Waals surface area (Å²) in [5.41, 5.74) is 5.10. The maximum absolute atomic E-state index is 4.77. The molecule has 0 spiro atoms. The molecule has 1 aromatic heterocycles. The highest BCUT2D eigenvalue weighted by Crippen LogP contribution is 2.37. The lowest BCUT2D eigenvalue weighted by molar-refractivity contribution is 0.720. The first-order chi connectivity index (χ1) is 10.2. The van der Waals surface area contributed by atoms with Crippen LogP contribution >= 0.6 is 0 Å². The molecule has 3 rings (SSSR count). The fraction of sp³-hybridized carbons (Fsp3) is 0.389. The van der Waals surface area contributed by atoms with Gasteiger partial charge in [0.25, 0.3) is 0 Å². The highest BCUT2D eigenvalue weighted by Gasteiger charge is 2.27. The van der Waals surface area contributed by atoms with Gasteiger partial charge in [0.15, 0.2) is 0 Å². The number of nitrogens with one attached hydrogen (secondary N) is 1. The average Bonchev–Trinajstić information content (AvgIpc) is 2.80. The van der Waals surface area contributed by atoms with E-state index in [1.807, 2.05) is 0 Å². The number of para-hydroxylation sites is 1. The molecule has 3 nitrogen and oxygen atoms in total. The minimum Gasteiger partial charge on any atom is -0.323 e. The molecule has 0 radical (unpaired) electrons. The van der Waals surface area contributed by atoms with E-state index in [1.165, 1.54) is 16.8 Å². The Morgan fingerprint density at radius 1 is 1.29 bits per heavy atom. The lowest BCUT2D eigenvalue weighted by Gasteiger charge is -2.25. The quantitative estimate of drug-likeness (QED) is 0.928. The molecule has 1 unspecified atom stereocenters. The van der Waals surface area contributed by atoms with Crippen molar-refractivity contribution in [2.24, 2.45) is 0 Å². The molecule has 1 atom stereocenters. The highest BCUT2D eigenvalue weighted by molar-refractivity contribution is 5.69. The second-order valence-electron chi connectivity index (χ2n) is 5.81. The monoisotopic (exact) mass is 281 g/mol. The molecule has 1 aliphatic heterocycles. The Morgan fingerprint density at radius 2 is 2.10 bits per heavy atom. The van der Waals surface area contributed by atoms with E-state index >= 15 is 0 Å². The minimum atomic E-state index is 0.462. The number of hydrogen-bond acceptors (Lipinski definition) is 3. The van der Waals surface area contributed by atoms with Crippen LogP contribution in [-0.2, 0) is 13.0 Å². The highest BCUT2D eigenvalue weighted by atomic mass is 15.2. The summed E-state index contributed by atoms with van der Waals surface area (Å²) in [4.78, 5) is 7.14. The van der Waals surface area contributed by atoms with E-state index in [-0.39, 0.29) is 0 Å². The molecule has 21 heavy (non-hydrogen) atoms. The number of anilines is 2. The molecular formula is C18H23N3. The van der Waals surface area contributed by atoms with E-state index < -0.39 is 0 Å². The van der Waals surface area contributed by atoms with Crippen LogP contribution in [0.15, 0.2) is 36.4 Å². The largest absolute Gasteiger partial charge is 0.323 e. The zero-order chi connectivity index (χ0) is 14.8. The number of rotatable bonds is 4. The van der Waals surface area contributed by atoms with Crippen molar-refractivity contribution >= 4 is 11.5 Å². The van der Waals surface area contributed by atoms with Crippen LogP contribution in [0.4, 0.5) is 11.5 Å². The predicted molar refractivity (Wildman–Crippen MR) is 88.1 cm³/mol. The lowest BCUT2D eigenvalue weighted by Crippen LogP contribution is -2.25. The molecule has 0 saturated carbocycles. The van der Waals surface area contributed by atoms with Crippen LogP contribution in [0.2, 0.25) is 0 Å². The van der Waals surface area contributed by atoms with E-state index in [9.17, 15) is 0 Å². The van der Waals surface area contributed by atoms with E-state index in [1.54, 1.807) is 0 Å². The summed E-state index contributed by atoms with van der Waals surface area (Å²) in [7, 11) is 0. The first-order valence-electron chi connectivity index (χ1n) is 7.74. The zero-order valence-electron chi connectivity index (χ0n) is 13.1. The number of fused-ring (bicyclic) bond motifs is 1. The van der Waals surface area contributed by atoms with E-state index in [0.29, 0.717) is 6.04 Å². The standard InChI is InChI=1S/C18H23N3/c1-4-19-12-15-9-13(2)20-18(11-15)21-14(3)10-16-7-5-6-8-17(16)21/h5-9,11,14,19H,4,10,12H2,1-3H3. The van der Waals surface area contributed by atoms with Gasteiger partial charge in [-0.3, -0.25) is 0 Å². The number of benzene rings is 1. The molecule has 2 aromatic rings. The van der Waals surface area contributed by atoms with Gasteiger partial charge in [0.1, 0.15) is 5.82 Å². The smallest absolute Gasteiger partial charge is 0.133 e. The van der Waals surface area contributed by atoms with Gasteiger partial charge < -0.3 is 10.2 Å². The Labute approximate surface area is 127 Å². The molecule has 1 N–H and O–H groups in total. The Morgan fingerprint density at radius 3 is 2.90 bits per heavy atom. The molecule has 0 saturated heterocycles. The summed E-state index contributed by atoms with van der Waals surface area (Å²) >= 11 is 0. The third kappa shape index (κ3) is 2.79. The molecule has 3 heteroatoms. The molecular weight excluding hydrogens is 258 g/mol. The maximum Gasteiger partial charge on any atom is 0.133 e. The van der Waals surface area contributed by atoms with Gasteiger partial charge in [-0.1, -0.05) is 25.1 Å². The van der Waals surface area contributed by atoms with Crippen molar-refractivity contribution < 1.29 is 0 Å². The fourth-order valence-electron chi connectivity index (χ4n) is 3.13. The number of aryl methyl sites for hydroxylation is 1. The second kappa shape index (κ2) is 5.86. The first-order valence-corrected chi connectivity index (χ1v) is 7.74. The van der Waals surface area contributed by atoms with E-state index in [2.05, 4.69) is 67.4 Å². The molecule has 1 aliphatic rings. The van der Waals surface area contributed by atoms with Crippen LogP contribution in [0.5, 0.6) is 0 Å². The number of hydrogen-bond donors (Lipinski definition) is 1. The molecule has 1 aromatic carbocycles. The summed E-state index contributed by atoms with van der Waals surface area (Å²) in [6, 6.07) is 13.5. The molecule has 0 aliphatic carbocycles. The van der Waals surface area contributed by atoms with Gasteiger partial charge in [-0.2, -0.15) is 0 Å². The van der Waals surface area contributed by atoms with Crippen LogP contribution in [0.3, 0.4) is 0 Å². The van der Waals surface area contributed by atoms with E-state index in [0.717, 1.165) is 31.0 Å². The van der Waals surface area contributed by atoms with Gasteiger partial charge in [-0.05, 0) is 56.1 Å². The molecule has 0 fully saturated rings. The Hall–Kier alpha value is -1.87.